The second-order valence-corrected chi connectivity index (χ2v) is 8.82. The molecule has 3 rings (SSSR count). The van der Waals surface area contributed by atoms with E-state index in [0.717, 1.165) is 11.1 Å². The smallest absolute Gasteiger partial charge is 0.255 e. The summed E-state index contributed by atoms with van der Waals surface area (Å²) in [6.45, 7) is 0.0806. The first-order chi connectivity index (χ1) is 12.7. The predicted molar refractivity (Wildman–Crippen MR) is 103 cm³/mol. The number of halogens is 1. The zero-order chi connectivity index (χ0) is 19.6. The first kappa shape index (κ1) is 19.3. The van der Waals surface area contributed by atoms with Gasteiger partial charge < -0.3 is 9.42 Å². The molecule has 1 aromatic carbocycles. The molecule has 142 valence electrons. The second kappa shape index (κ2) is 7.67. The number of thiophene rings is 1. The quantitative estimate of drug-likeness (QED) is 0.649. The Morgan fingerprint density at radius 2 is 2.15 bits per heavy atom. The van der Waals surface area contributed by atoms with Crippen LogP contribution in [-0.4, -0.2) is 42.7 Å². The first-order valence-electron chi connectivity index (χ1n) is 7.62. The molecule has 0 atom stereocenters. The molecule has 8 nitrogen and oxygen atoms in total. The maximum absolute atomic E-state index is 12.7. The summed E-state index contributed by atoms with van der Waals surface area (Å²) in [7, 11) is -1.91. The van der Waals surface area contributed by atoms with E-state index in [1.807, 2.05) is 17.5 Å². The molecule has 0 saturated carbocycles. The van der Waals surface area contributed by atoms with Crippen LogP contribution in [-0.2, 0) is 16.6 Å². The van der Waals surface area contributed by atoms with Gasteiger partial charge in [-0.3, -0.25) is 9.52 Å². The Bertz CT molecular complexity index is 1060. The zero-order valence-electron chi connectivity index (χ0n) is 14.3. The molecule has 0 fully saturated rings. The molecule has 1 amide bonds. The largest absolute Gasteiger partial charge is 0.337 e. The van der Waals surface area contributed by atoms with E-state index in [2.05, 4.69) is 14.9 Å². The van der Waals surface area contributed by atoms with Crippen molar-refractivity contribution in [3.63, 3.8) is 0 Å². The van der Waals surface area contributed by atoms with Crippen LogP contribution in [0.15, 0.2) is 40.2 Å². The lowest BCUT2D eigenvalue weighted by Gasteiger charge is -2.16. The van der Waals surface area contributed by atoms with Crippen molar-refractivity contribution in [3.8, 4) is 10.7 Å². The first-order valence-corrected chi connectivity index (χ1v) is 10.8. The molecule has 0 radical (unpaired) electrons. The van der Waals surface area contributed by atoms with Gasteiger partial charge in [-0.1, -0.05) is 22.8 Å². The molecular weight excluding hydrogens is 412 g/mol. The number of carbonyl (C=O) groups excluding carboxylic acids is 1. The van der Waals surface area contributed by atoms with Crippen molar-refractivity contribution in [2.24, 2.45) is 0 Å². The number of hydrogen-bond donors (Lipinski definition) is 1. The Kier molecular flexibility index (Phi) is 5.49. The highest BCUT2D eigenvalue weighted by Crippen LogP contribution is 2.24. The van der Waals surface area contributed by atoms with Crippen LogP contribution in [0.2, 0.25) is 5.02 Å². The number of aromatic nitrogens is 2. The van der Waals surface area contributed by atoms with Gasteiger partial charge in [0.1, 0.15) is 0 Å². The van der Waals surface area contributed by atoms with Gasteiger partial charge >= 0.3 is 0 Å². The van der Waals surface area contributed by atoms with Gasteiger partial charge in [-0.25, -0.2) is 8.42 Å². The van der Waals surface area contributed by atoms with E-state index >= 15 is 0 Å². The van der Waals surface area contributed by atoms with Crippen LogP contribution in [0.25, 0.3) is 10.7 Å². The van der Waals surface area contributed by atoms with Crippen molar-refractivity contribution >= 4 is 44.6 Å². The Morgan fingerprint density at radius 1 is 1.37 bits per heavy atom. The van der Waals surface area contributed by atoms with Crippen LogP contribution >= 0.6 is 22.9 Å². The molecule has 3 aromatic rings. The molecule has 11 heteroatoms. The van der Waals surface area contributed by atoms with E-state index in [1.165, 1.54) is 34.4 Å². The van der Waals surface area contributed by atoms with Crippen molar-refractivity contribution in [2.45, 2.75) is 6.54 Å². The molecule has 2 heterocycles. The summed E-state index contributed by atoms with van der Waals surface area (Å²) in [6.07, 6.45) is 1.02. The zero-order valence-corrected chi connectivity index (χ0v) is 16.7. The second-order valence-electron chi connectivity index (χ2n) is 5.72. The Morgan fingerprint density at radius 3 is 2.81 bits per heavy atom. The number of nitrogens with zero attached hydrogens (tertiary/aromatic N) is 3. The highest BCUT2D eigenvalue weighted by molar-refractivity contribution is 7.92. The number of benzene rings is 1. The fraction of sp³-hybridized carbons (Fsp3) is 0.188. The van der Waals surface area contributed by atoms with Crippen molar-refractivity contribution in [1.82, 2.24) is 15.0 Å². The molecule has 0 bridgehead atoms. The predicted octanol–water partition coefficient (Wildman–Crippen LogP) is 3.10. The van der Waals surface area contributed by atoms with Crippen LogP contribution in [0, 0.1) is 0 Å². The van der Waals surface area contributed by atoms with Gasteiger partial charge in [0.05, 0.1) is 28.3 Å². The molecule has 2 aromatic heterocycles. The Hall–Kier alpha value is -2.43. The van der Waals surface area contributed by atoms with E-state index in [0.29, 0.717) is 5.82 Å². The molecule has 0 unspecified atom stereocenters. The van der Waals surface area contributed by atoms with Gasteiger partial charge in [0, 0.05) is 12.7 Å². The number of sulfonamides is 1. The van der Waals surface area contributed by atoms with E-state index < -0.39 is 15.9 Å². The van der Waals surface area contributed by atoms with Gasteiger partial charge in [-0.2, -0.15) is 4.98 Å². The van der Waals surface area contributed by atoms with Gasteiger partial charge in [0.15, 0.2) is 0 Å². The average Bonchev–Trinajstić information content (AvgIpc) is 3.25. The highest BCUT2D eigenvalue weighted by atomic mass is 35.5. The Labute approximate surface area is 164 Å². The summed E-state index contributed by atoms with van der Waals surface area (Å²) in [5.41, 5.74) is 0.405. The van der Waals surface area contributed by atoms with Crippen LogP contribution in [0.3, 0.4) is 0 Å². The molecule has 0 saturated heterocycles. The van der Waals surface area contributed by atoms with E-state index in [-0.39, 0.29) is 28.7 Å². The van der Waals surface area contributed by atoms with E-state index in [9.17, 15) is 13.2 Å². The van der Waals surface area contributed by atoms with Gasteiger partial charge in [-0.05, 0) is 29.6 Å². The summed E-state index contributed by atoms with van der Waals surface area (Å²) in [5.74, 6) is 0.321. The third-order valence-electron chi connectivity index (χ3n) is 3.43. The molecular formula is C16H15ClN4O4S2. The summed E-state index contributed by atoms with van der Waals surface area (Å²) >= 11 is 7.59. The number of hydrogen-bond acceptors (Lipinski definition) is 7. The molecule has 0 aliphatic heterocycles. The van der Waals surface area contributed by atoms with E-state index in [1.54, 1.807) is 7.05 Å². The number of rotatable bonds is 6. The number of carbonyl (C=O) groups is 1. The summed E-state index contributed by atoms with van der Waals surface area (Å²) < 4.78 is 30.3. The lowest BCUT2D eigenvalue weighted by Crippen LogP contribution is -2.26. The van der Waals surface area contributed by atoms with Crippen LogP contribution < -0.4 is 4.72 Å². The van der Waals surface area contributed by atoms with Crippen molar-refractivity contribution < 1.29 is 17.7 Å². The van der Waals surface area contributed by atoms with Crippen molar-refractivity contribution in [2.75, 3.05) is 18.0 Å². The lowest BCUT2D eigenvalue weighted by molar-refractivity contribution is 0.0770. The van der Waals surface area contributed by atoms with Crippen molar-refractivity contribution in [1.29, 1.82) is 0 Å². The van der Waals surface area contributed by atoms with Gasteiger partial charge in [0.25, 0.3) is 5.91 Å². The monoisotopic (exact) mass is 426 g/mol. The average molecular weight is 427 g/mol. The van der Waals surface area contributed by atoms with Crippen LogP contribution in [0.5, 0.6) is 0 Å². The number of amides is 1. The number of nitrogens with one attached hydrogen (secondary N) is 1. The van der Waals surface area contributed by atoms with Gasteiger partial charge in [-0.15, -0.1) is 11.3 Å². The third kappa shape index (κ3) is 4.85. The van der Waals surface area contributed by atoms with Crippen LogP contribution in [0.4, 0.5) is 5.69 Å². The summed E-state index contributed by atoms with van der Waals surface area (Å²) in [5, 5.41) is 6.01. The van der Waals surface area contributed by atoms with Crippen molar-refractivity contribution in [3.05, 3.63) is 52.2 Å². The molecule has 0 spiro atoms. The maximum Gasteiger partial charge on any atom is 0.255 e. The highest BCUT2D eigenvalue weighted by Gasteiger charge is 2.19. The normalized spacial score (nSPS) is 11.4. The fourth-order valence-corrected chi connectivity index (χ4v) is 3.67. The standard InChI is InChI=1S/C16H15ClN4O4S2/c1-21(9-14-18-15(19-25-14)13-4-3-7-26-13)16(22)11-8-10(5-6-12(11)17)20-27(2,23)24/h3-8,20H,9H2,1-2H3. The Balaban J connectivity index is 1.76. The molecule has 1 N–H and O–H groups in total. The van der Waals surface area contributed by atoms with E-state index in [4.69, 9.17) is 16.1 Å². The summed E-state index contributed by atoms with van der Waals surface area (Å²) in [4.78, 5) is 19.2. The van der Waals surface area contributed by atoms with Crippen LogP contribution in [0.1, 0.15) is 16.2 Å². The summed E-state index contributed by atoms with van der Waals surface area (Å²) in [6, 6.07) is 8.07. The topological polar surface area (TPSA) is 105 Å². The molecule has 27 heavy (non-hydrogen) atoms. The van der Waals surface area contributed by atoms with Gasteiger partial charge in [0.2, 0.25) is 21.7 Å². The SMILES string of the molecule is CN(Cc1nc(-c2cccs2)no1)C(=O)c1cc(NS(C)(=O)=O)ccc1Cl. The maximum atomic E-state index is 12.7. The minimum Gasteiger partial charge on any atom is -0.337 e. The molecule has 0 aliphatic carbocycles. The minimum atomic E-state index is -3.47. The number of anilines is 1. The minimum absolute atomic E-state index is 0.0806. The fourth-order valence-electron chi connectivity index (χ4n) is 2.27. The third-order valence-corrected chi connectivity index (χ3v) is 5.23. The molecule has 0 aliphatic rings. The lowest BCUT2D eigenvalue weighted by atomic mass is 10.2.